The molecule has 0 atom stereocenters. The lowest BCUT2D eigenvalue weighted by Crippen LogP contribution is -2.63. The highest BCUT2D eigenvalue weighted by Gasteiger charge is 2.60. The summed E-state index contributed by atoms with van der Waals surface area (Å²) in [6.07, 6.45) is 0. The molecule has 9 rings (SSSR count). The zero-order valence-corrected chi connectivity index (χ0v) is 39.7. The molecule has 0 bridgehead atoms. The third-order valence-corrected chi connectivity index (χ3v) is 23.5. The largest absolute Gasteiger partial charge is 0.310 e. The van der Waals surface area contributed by atoms with Crippen LogP contribution in [0, 0.1) is 0 Å². The minimum absolute atomic E-state index is 0.0374. The van der Waals surface area contributed by atoms with Gasteiger partial charge in [-0.05, 0) is 140 Å². The lowest BCUT2D eigenvalue weighted by Gasteiger charge is -2.52. The Morgan fingerprint density at radius 2 is 0.689 bits per heavy atom. The van der Waals surface area contributed by atoms with Gasteiger partial charge >= 0.3 is 0 Å². The summed E-state index contributed by atoms with van der Waals surface area (Å²) >= 11 is 0. The van der Waals surface area contributed by atoms with Crippen molar-refractivity contribution in [2.45, 2.75) is 83.5 Å². The van der Waals surface area contributed by atoms with Crippen molar-refractivity contribution in [2.24, 2.45) is 0 Å². The molecule has 0 heterocycles. The molecule has 0 unspecified atom stereocenters. The van der Waals surface area contributed by atoms with Crippen LogP contribution >= 0.6 is 0 Å². The minimum atomic E-state index is -2.02. The summed E-state index contributed by atoms with van der Waals surface area (Å²) in [6.45, 7) is 24.9. The number of fused-ring (bicyclic) bond motifs is 7. The molecule has 8 aromatic rings. The Morgan fingerprint density at radius 3 is 1.02 bits per heavy atom. The van der Waals surface area contributed by atoms with Crippen LogP contribution in [0.4, 0.5) is 34.1 Å². The fourth-order valence-electron chi connectivity index (χ4n) is 11.0. The van der Waals surface area contributed by atoms with Crippen molar-refractivity contribution < 1.29 is 0 Å². The van der Waals surface area contributed by atoms with E-state index < -0.39 is 16.1 Å². The van der Waals surface area contributed by atoms with Gasteiger partial charge in [-0.15, -0.1) is 0 Å². The number of hydrogen-bond donors (Lipinski definition) is 0. The first kappa shape index (κ1) is 40.7. The molecule has 306 valence electrons. The van der Waals surface area contributed by atoms with Crippen LogP contribution in [0.3, 0.4) is 0 Å². The van der Waals surface area contributed by atoms with E-state index in [0.29, 0.717) is 11.8 Å². The van der Waals surface area contributed by atoms with Crippen molar-refractivity contribution in [3.8, 4) is 11.1 Å². The van der Waals surface area contributed by atoms with E-state index in [1.54, 1.807) is 11.1 Å². The Morgan fingerprint density at radius 1 is 0.361 bits per heavy atom. The van der Waals surface area contributed by atoms with Crippen molar-refractivity contribution in [3.05, 3.63) is 192 Å². The molecular formula is C57H60N2Si2. The van der Waals surface area contributed by atoms with Gasteiger partial charge in [-0.3, -0.25) is 0 Å². The first-order valence-electron chi connectivity index (χ1n) is 22.2. The van der Waals surface area contributed by atoms with E-state index in [2.05, 4.69) is 247 Å². The molecule has 0 spiro atoms. The average Bonchev–Trinajstić information content (AvgIpc) is 3.58. The zero-order chi connectivity index (χ0) is 42.8. The number of nitrogens with zero attached hydrogens (tertiary/aromatic N) is 2. The third kappa shape index (κ3) is 6.76. The topological polar surface area (TPSA) is 6.48 Å². The number of benzene rings is 8. The lowest BCUT2D eigenvalue weighted by atomic mass is 9.97. The fourth-order valence-corrected chi connectivity index (χ4v) is 24.1. The second-order valence-electron chi connectivity index (χ2n) is 19.9. The standard InChI is InChI=1S/C57H60N2Si2/c1-39(2)41-21-27-47(28-22-41)58(45-17-13-11-14-18-45)49-31-35-51-43(37-49)25-33-53-54-34-26-44-38-50(32-36-52(44)56(54)57(55(51)53,60(5,6)7)61(8,9)10)59(46-19-15-12-16-20-46)48-29-23-42(24-30-48)40(3)4/h11-40H,1-10H3. The summed E-state index contributed by atoms with van der Waals surface area (Å²) in [7, 11) is -4.03. The van der Waals surface area contributed by atoms with E-state index in [9.17, 15) is 0 Å². The normalized spacial score (nSPS) is 13.5. The van der Waals surface area contributed by atoms with Crippen LogP contribution in [0.5, 0.6) is 0 Å². The van der Waals surface area contributed by atoms with Crippen LogP contribution in [0.25, 0.3) is 32.7 Å². The van der Waals surface area contributed by atoms with Gasteiger partial charge in [0.2, 0.25) is 0 Å². The predicted octanol–water partition coefficient (Wildman–Crippen LogP) is 17.2. The van der Waals surface area contributed by atoms with Crippen molar-refractivity contribution in [1.82, 2.24) is 0 Å². The van der Waals surface area contributed by atoms with Crippen LogP contribution in [-0.2, 0) is 4.66 Å². The van der Waals surface area contributed by atoms with E-state index in [1.807, 2.05) is 0 Å². The highest BCUT2D eigenvalue weighted by molar-refractivity contribution is 7.00. The molecule has 0 saturated heterocycles. The van der Waals surface area contributed by atoms with Gasteiger partial charge in [-0.2, -0.15) is 0 Å². The van der Waals surface area contributed by atoms with Crippen LogP contribution < -0.4 is 9.80 Å². The molecule has 0 N–H and O–H groups in total. The molecule has 0 aliphatic heterocycles. The molecule has 8 aromatic carbocycles. The van der Waals surface area contributed by atoms with E-state index >= 15 is 0 Å². The van der Waals surface area contributed by atoms with Gasteiger partial charge in [0.05, 0.1) is 16.1 Å². The monoisotopic (exact) mass is 828 g/mol. The first-order valence-corrected chi connectivity index (χ1v) is 29.2. The SMILES string of the molecule is CC(C)c1ccc(N(c2ccccc2)c2ccc3c4c(ccc3c2)-c2ccc3cc(N(c5ccccc5)c5ccc(C(C)C)cc5)ccc3c2C4([Si](C)(C)C)[Si](C)(C)C)cc1. The Kier molecular flexibility index (Phi) is 10.2. The molecule has 0 amide bonds. The van der Waals surface area contributed by atoms with Gasteiger partial charge in [0, 0.05) is 38.8 Å². The van der Waals surface area contributed by atoms with Crippen molar-refractivity contribution >= 4 is 71.8 Å². The summed E-state index contributed by atoms with van der Waals surface area (Å²) in [5.41, 5.74) is 15.7. The Balaban J connectivity index is 1.24. The van der Waals surface area contributed by atoms with E-state index in [0.717, 1.165) is 11.4 Å². The molecule has 0 fully saturated rings. The quantitative estimate of drug-likeness (QED) is 0.127. The average molecular weight is 829 g/mol. The summed E-state index contributed by atoms with van der Waals surface area (Å²) in [6, 6.07) is 64.2. The summed E-state index contributed by atoms with van der Waals surface area (Å²) < 4.78 is -0.0374. The Bertz CT molecular complexity index is 2670. The van der Waals surface area contributed by atoms with Gasteiger partial charge in [-0.25, -0.2) is 0 Å². The predicted molar refractivity (Wildman–Crippen MR) is 272 cm³/mol. The van der Waals surface area contributed by atoms with E-state index in [1.165, 1.54) is 66.5 Å². The van der Waals surface area contributed by atoms with Crippen LogP contribution in [0.15, 0.2) is 170 Å². The number of anilines is 6. The van der Waals surface area contributed by atoms with E-state index in [4.69, 9.17) is 0 Å². The van der Waals surface area contributed by atoms with Gasteiger partial charge in [0.1, 0.15) is 0 Å². The lowest BCUT2D eigenvalue weighted by molar-refractivity contribution is 0.866. The molecule has 0 saturated carbocycles. The smallest absolute Gasteiger partial charge is 0.0579 e. The second kappa shape index (κ2) is 15.3. The molecule has 61 heavy (non-hydrogen) atoms. The Hall–Kier alpha value is -5.69. The maximum atomic E-state index is 2.64. The minimum Gasteiger partial charge on any atom is -0.310 e. The summed E-state index contributed by atoms with van der Waals surface area (Å²) in [5, 5.41) is 5.40. The van der Waals surface area contributed by atoms with E-state index in [-0.39, 0.29) is 4.66 Å². The fraction of sp³-hybridized carbons (Fsp3) is 0.228. The van der Waals surface area contributed by atoms with Crippen LogP contribution in [-0.4, -0.2) is 16.1 Å². The van der Waals surface area contributed by atoms with Gasteiger partial charge in [0.25, 0.3) is 0 Å². The van der Waals surface area contributed by atoms with Crippen molar-refractivity contribution in [2.75, 3.05) is 9.80 Å². The van der Waals surface area contributed by atoms with Crippen LogP contribution in [0.2, 0.25) is 39.3 Å². The molecular weight excluding hydrogens is 769 g/mol. The third-order valence-electron chi connectivity index (χ3n) is 13.5. The summed E-state index contributed by atoms with van der Waals surface area (Å²) in [5.74, 6) is 0.972. The Labute approximate surface area is 366 Å². The first-order chi connectivity index (χ1) is 29.2. The molecule has 4 heteroatoms. The molecule has 1 aliphatic carbocycles. The molecule has 1 aliphatic rings. The van der Waals surface area contributed by atoms with Crippen LogP contribution in [0.1, 0.15) is 61.8 Å². The maximum Gasteiger partial charge on any atom is 0.0579 e. The number of para-hydroxylation sites is 2. The van der Waals surface area contributed by atoms with Gasteiger partial charge in [-0.1, -0.05) is 164 Å². The molecule has 0 aromatic heterocycles. The summed E-state index contributed by atoms with van der Waals surface area (Å²) in [4.78, 5) is 4.83. The number of hydrogen-bond acceptors (Lipinski definition) is 2. The zero-order valence-electron chi connectivity index (χ0n) is 37.7. The van der Waals surface area contributed by atoms with Gasteiger partial charge < -0.3 is 9.80 Å². The van der Waals surface area contributed by atoms with Gasteiger partial charge in [0.15, 0.2) is 0 Å². The van der Waals surface area contributed by atoms with Crippen molar-refractivity contribution in [1.29, 1.82) is 0 Å². The highest BCUT2D eigenvalue weighted by Crippen LogP contribution is 2.61. The molecule has 0 radical (unpaired) electrons. The maximum absolute atomic E-state index is 2.64. The molecule has 2 nitrogen and oxygen atoms in total. The highest BCUT2D eigenvalue weighted by atomic mass is 28.4. The second-order valence-corrected chi connectivity index (χ2v) is 30.9. The van der Waals surface area contributed by atoms with Crippen molar-refractivity contribution in [3.63, 3.8) is 0 Å². The number of rotatable bonds is 10.